The fraction of sp³-hybridized carbons (Fsp3) is 0.167. The minimum Gasteiger partial charge on any atom is -0.320 e. The van der Waals surface area contributed by atoms with Crippen molar-refractivity contribution in [3.8, 4) is 0 Å². The quantitative estimate of drug-likeness (QED) is 0.755. The van der Waals surface area contributed by atoms with Crippen molar-refractivity contribution in [3.05, 3.63) is 66.0 Å². The van der Waals surface area contributed by atoms with E-state index < -0.39 is 0 Å². The molecule has 0 spiro atoms. The van der Waals surface area contributed by atoms with Crippen LogP contribution >= 0.6 is 0 Å². The molecule has 0 atom stereocenters. The zero-order valence-electron chi connectivity index (χ0n) is 12.7. The molecule has 0 fully saturated rings. The number of aromatic nitrogens is 2. The second-order valence-electron chi connectivity index (χ2n) is 5.47. The van der Waals surface area contributed by atoms with Crippen LogP contribution in [-0.4, -0.2) is 11.0 Å². The van der Waals surface area contributed by atoms with E-state index in [0.717, 1.165) is 22.0 Å². The van der Waals surface area contributed by atoms with Gasteiger partial charge in [-0.1, -0.05) is 40.6 Å². The van der Waals surface area contributed by atoms with Gasteiger partial charge in [-0.3, -0.25) is 4.79 Å². The molecule has 1 amide bonds. The summed E-state index contributed by atoms with van der Waals surface area (Å²) in [5.74, 6) is -0.0836. The second kappa shape index (κ2) is 5.93. The van der Waals surface area contributed by atoms with E-state index in [1.54, 1.807) is 10.9 Å². The molecule has 0 unspecified atom stereocenters. The lowest BCUT2D eigenvalue weighted by atomic mass is 10.1. The Kier molecular flexibility index (Phi) is 3.83. The molecule has 0 aliphatic carbocycles. The molecule has 22 heavy (non-hydrogen) atoms. The number of nitrogens with zero attached hydrogens (tertiary/aromatic N) is 2. The molecular weight excluding hydrogens is 274 g/mol. The second-order valence-corrected chi connectivity index (χ2v) is 5.47. The smallest absolute Gasteiger partial charge is 0.292 e. The molecular formula is C18H18N3O+. The Bertz CT molecular complexity index is 843. The van der Waals surface area contributed by atoms with Gasteiger partial charge in [-0.15, -0.1) is 0 Å². The van der Waals surface area contributed by atoms with Gasteiger partial charge in [0.05, 0.1) is 0 Å². The van der Waals surface area contributed by atoms with E-state index in [2.05, 4.69) is 16.5 Å². The van der Waals surface area contributed by atoms with E-state index in [0.29, 0.717) is 0 Å². The number of aryl methyl sites for hydroxylation is 2. The minimum absolute atomic E-state index is 0.0836. The molecule has 0 radical (unpaired) electrons. The van der Waals surface area contributed by atoms with Crippen LogP contribution in [0, 0.1) is 13.8 Å². The first-order valence-corrected chi connectivity index (χ1v) is 7.23. The number of benzene rings is 2. The van der Waals surface area contributed by atoms with Crippen molar-refractivity contribution in [1.82, 2.24) is 5.10 Å². The first-order chi connectivity index (χ1) is 10.6. The molecule has 1 aromatic heterocycles. The molecule has 0 aliphatic heterocycles. The average Bonchev–Trinajstić information content (AvgIpc) is 2.50. The van der Waals surface area contributed by atoms with Crippen molar-refractivity contribution in [3.63, 3.8) is 0 Å². The van der Waals surface area contributed by atoms with Gasteiger partial charge in [0.25, 0.3) is 12.5 Å². The molecule has 1 N–H and O–H groups in total. The maximum atomic E-state index is 12.2. The Morgan fingerprint density at radius 2 is 1.91 bits per heavy atom. The van der Waals surface area contributed by atoms with Crippen LogP contribution in [0.2, 0.25) is 0 Å². The Labute approximate surface area is 129 Å². The first kappa shape index (κ1) is 14.2. The van der Waals surface area contributed by atoms with E-state index in [4.69, 9.17) is 0 Å². The van der Waals surface area contributed by atoms with Gasteiger partial charge in [-0.05, 0) is 36.6 Å². The normalized spacial score (nSPS) is 10.6. The predicted octanol–water partition coefficient (Wildman–Crippen LogP) is 2.78. The molecule has 3 aromatic rings. The van der Waals surface area contributed by atoms with Crippen LogP contribution in [0.1, 0.15) is 11.1 Å². The van der Waals surface area contributed by atoms with Crippen LogP contribution in [0.4, 0.5) is 5.69 Å². The Balaban J connectivity index is 1.75. The van der Waals surface area contributed by atoms with Crippen molar-refractivity contribution in [2.75, 3.05) is 5.32 Å². The van der Waals surface area contributed by atoms with Gasteiger partial charge in [-0.25, -0.2) is 0 Å². The van der Waals surface area contributed by atoms with Gasteiger partial charge >= 0.3 is 0 Å². The summed E-state index contributed by atoms with van der Waals surface area (Å²) in [6.07, 6.45) is 3.66. The summed E-state index contributed by atoms with van der Waals surface area (Å²) in [6.45, 7) is 4.22. The molecule has 1 heterocycles. The highest BCUT2D eigenvalue weighted by molar-refractivity contribution is 5.90. The van der Waals surface area contributed by atoms with Gasteiger partial charge in [0.1, 0.15) is 6.20 Å². The van der Waals surface area contributed by atoms with Gasteiger partial charge in [0.15, 0.2) is 0 Å². The number of amides is 1. The lowest BCUT2D eigenvalue weighted by Gasteiger charge is -2.07. The van der Waals surface area contributed by atoms with E-state index in [1.807, 2.05) is 56.4 Å². The maximum Gasteiger partial charge on any atom is 0.292 e. The highest BCUT2D eigenvalue weighted by atomic mass is 16.2. The molecule has 4 heteroatoms. The van der Waals surface area contributed by atoms with Crippen LogP contribution < -0.4 is 10.00 Å². The predicted molar refractivity (Wildman–Crippen MR) is 86.5 cm³/mol. The number of fused-ring (bicyclic) bond motifs is 1. The van der Waals surface area contributed by atoms with Crippen molar-refractivity contribution in [2.45, 2.75) is 20.4 Å². The van der Waals surface area contributed by atoms with E-state index in [1.165, 1.54) is 5.56 Å². The third-order valence-corrected chi connectivity index (χ3v) is 3.59. The molecule has 0 saturated heterocycles. The molecule has 0 bridgehead atoms. The summed E-state index contributed by atoms with van der Waals surface area (Å²) >= 11 is 0. The van der Waals surface area contributed by atoms with Crippen molar-refractivity contribution in [2.24, 2.45) is 0 Å². The summed E-state index contributed by atoms with van der Waals surface area (Å²) in [7, 11) is 0. The van der Waals surface area contributed by atoms with Crippen LogP contribution in [0.15, 0.2) is 54.9 Å². The average molecular weight is 292 g/mol. The summed E-state index contributed by atoms with van der Waals surface area (Å²) in [5.41, 5.74) is 3.09. The van der Waals surface area contributed by atoms with Gasteiger partial charge in [0, 0.05) is 16.5 Å². The summed E-state index contributed by atoms with van der Waals surface area (Å²) in [4.78, 5) is 12.2. The molecule has 0 aliphatic rings. The third kappa shape index (κ3) is 3.11. The molecule has 4 nitrogen and oxygen atoms in total. The monoisotopic (exact) mass is 292 g/mol. The third-order valence-electron chi connectivity index (χ3n) is 3.59. The molecule has 3 rings (SSSR count). The summed E-state index contributed by atoms with van der Waals surface area (Å²) in [6, 6.07) is 13.9. The van der Waals surface area contributed by atoms with Gasteiger partial charge in [-0.2, -0.15) is 0 Å². The summed E-state index contributed by atoms with van der Waals surface area (Å²) < 4.78 is 1.65. The highest BCUT2D eigenvalue weighted by Gasteiger charge is 2.13. The zero-order chi connectivity index (χ0) is 15.5. The number of carbonyl (C=O) groups excluding carboxylic acids is 1. The first-order valence-electron chi connectivity index (χ1n) is 7.23. The molecule has 2 aromatic carbocycles. The minimum atomic E-state index is -0.0836. The number of hydrogen-bond donors (Lipinski definition) is 1. The number of anilines is 1. The number of hydrogen-bond acceptors (Lipinski definition) is 2. The van der Waals surface area contributed by atoms with E-state index >= 15 is 0 Å². The Hall–Kier alpha value is -2.75. The lowest BCUT2D eigenvalue weighted by molar-refractivity contribution is -0.740. The van der Waals surface area contributed by atoms with Crippen molar-refractivity contribution >= 4 is 22.4 Å². The van der Waals surface area contributed by atoms with Crippen LogP contribution in [0.5, 0.6) is 0 Å². The van der Waals surface area contributed by atoms with E-state index in [9.17, 15) is 4.79 Å². The van der Waals surface area contributed by atoms with Crippen LogP contribution in [0.25, 0.3) is 10.8 Å². The van der Waals surface area contributed by atoms with Gasteiger partial charge in [0.2, 0.25) is 6.20 Å². The molecule has 110 valence electrons. The van der Waals surface area contributed by atoms with Crippen molar-refractivity contribution < 1.29 is 9.48 Å². The maximum absolute atomic E-state index is 12.2. The largest absolute Gasteiger partial charge is 0.320 e. The number of carbonyl (C=O) groups is 1. The fourth-order valence-electron chi connectivity index (χ4n) is 2.45. The summed E-state index contributed by atoms with van der Waals surface area (Å²) in [5, 5.41) is 9.35. The Morgan fingerprint density at radius 3 is 2.68 bits per heavy atom. The zero-order valence-corrected chi connectivity index (χ0v) is 12.7. The van der Waals surface area contributed by atoms with Crippen molar-refractivity contribution in [1.29, 1.82) is 0 Å². The van der Waals surface area contributed by atoms with Crippen LogP contribution in [-0.2, 0) is 11.3 Å². The SMILES string of the molecule is Cc1ccc(NC(=O)C[n+]2cc3ccccc3cn2)c(C)c1. The molecule has 0 saturated carbocycles. The fourth-order valence-corrected chi connectivity index (χ4v) is 2.45. The standard InChI is InChI=1S/C18H17N3O/c1-13-7-8-17(14(2)9-13)20-18(22)12-21-11-16-6-4-3-5-15(16)10-19-21/h3-11H,12H2,1-2H3/p+1. The van der Waals surface area contributed by atoms with Crippen LogP contribution in [0.3, 0.4) is 0 Å². The highest BCUT2D eigenvalue weighted by Crippen LogP contribution is 2.15. The van der Waals surface area contributed by atoms with Gasteiger partial charge < -0.3 is 5.32 Å². The topological polar surface area (TPSA) is 45.9 Å². The number of rotatable bonds is 3. The number of nitrogens with one attached hydrogen (secondary N) is 1. The lowest BCUT2D eigenvalue weighted by Crippen LogP contribution is -2.43. The Morgan fingerprint density at radius 1 is 1.14 bits per heavy atom. The van der Waals surface area contributed by atoms with E-state index in [-0.39, 0.29) is 12.5 Å².